The van der Waals surface area contributed by atoms with E-state index in [2.05, 4.69) is 0 Å². The van der Waals surface area contributed by atoms with Gasteiger partial charge in [0.1, 0.15) is 12.0 Å². The first-order valence-electron chi connectivity index (χ1n) is 2.79. The van der Waals surface area contributed by atoms with Crippen molar-refractivity contribution in [1.82, 2.24) is 0 Å². The van der Waals surface area contributed by atoms with E-state index in [1.807, 2.05) is 6.92 Å². The van der Waals surface area contributed by atoms with Crippen molar-refractivity contribution in [2.75, 3.05) is 5.73 Å². The SMILES string of the molecule is C[C@H](N)c1cc(N)co1. The van der Waals surface area contributed by atoms with E-state index in [1.54, 1.807) is 6.07 Å². The van der Waals surface area contributed by atoms with Crippen LogP contribution in [-0.4, -0.2) is 0 Å². The van der Waals surface area contributed by atoms with E-state index in [0.29, 0.717) is 5.69 Å². The Morgan fingerprint density at radius 3 is 2.56 bits per heavy atom. The summed E-state index contributed by atoms with van der Waals surface area (Å²) in [5.41, 5.74) is 11.5. The molecular formula is C6H10N2O. The molecule has 4 N–H and O–H groups in total. The first-order chi connectivity index (χ1) is 4.20. The predicted molar refractivity (Wildman–Crippen MR) is 35.7 cm³/mol. The summed E-state index contributed by atoms with van der Waals surface area (Å²) in [5, 5.41) is 0. The average molecular weight is 126 g/mol. The third-order valence-corrected chi connectivity index (χ3v) is 1.09. The lowest BCUT2D eigenvalue weighted by atomic mass is 10.3. The summed E-state index contributed by atoms with van der Waals surface area (Å²) in [5.74, 6) is 0.729. The number of furan rings is 1. The Labute approximate surface area is 53.6 Å². The topological polar surface area (TPSA) is 65.2 Å². The summed E-state index contributed by atoms with van der Waals surface area (Å²) in [7, 11) is 0. The number of nitrogen functional groups attached to an aromatic ring is 1. The maximum atomic E-state index is 5.48. The molecule has 1 aromatic heterocycles. The quantitative estimate of drug-likeness (QED) is 0.587. The summed E-state index contributed by atoms with van der Waals surface area (Å²) >= 11 is 0. The fraction of sp³-hybridized carbons (Fsp3) is 0.333. The van der Waals surface area contributed by atoms with Crippen molar-refractivity contribution < 1.29 is 4.42 Å². The minimum Gasteiger partial charge on any atom is -0.465 e. The zero-order chi connectivity index (χ0) is 6.85. The van der Waals surface area contributed by atoms with E-state index in [0.717, 1.165) is 5.76 Å². The van der Waals surface area contributed by atoms with Crippen molar-refractivity contribution in [3.63, 3.8) is 0 Å². The van der Waals surface area contributed by atoms with Crippen LogP contribution < -0.4 is 11.5 Å². The van der Waals surface area contributed by atoms with Gasteiger partial charge < -0.3 is 15.9 Å². The Bertz CT molecular complexity index is 193. The molecule has 1 atom stereocenters. The van der Waals surface area contributed by atoms with Crippen LogP contribution in [-0.2, 0) is 0 Å². The third kappa shape index (κ3) is 1.23. The Hall–Kier alpha value is -0.960. The second-order valence-electron chi connectivity index (χ2n) is 2.07. The van der Waals surface area contributed by atoms with Crippen molar-refractivity contribution >= 4 is 5.69 Å². The molecule has 0 amide bonds. The second kappa shape index (κ2) is 2.11. The first kappa shape index (κ1) is 6.16. The van der Waals surface area contributed by atoms with E-state index >= 15 is 0 Å². The van der Waals surface area contributed by atoms with E-state index in [4.69, 9.17) is 15.9 Å². The molecule has 0 saturated carbocycles. The van der Waals surface area contributed by atoms with E-state index in [9.17, 15) is 0 Å². The van der Waals surface area contributed by atoms with Crippen LogP contribution in [0, 0.1) is 0 Å². The van der Waals surface area contributed by atoms with Gasteiger partial charge in [0.25, 0.3) is 0 Å². The molecule has 0 unspecified atom stereocenters. The number of hydrogen-bond donors (Lipinski definition) is 2. The van der Waals surface area contributed by atoms with Gasteiger partial charge in [-0.15, -0.1) is 0 Å². The van der Waals surface area contributed by atoms with Gasteiger partial charge in [-0.1, -0.05) is 0 Å². The van der Waals surface area contributed by atoms with Crippen LogP contribution in [0.1, 0.15) is 18.7 Å². The molecule has 0 aliphatic rings. The Morgan fingerprint density at radius 1 is 1.67 bits per heavy atom. The molecule has 9 heavy (non-hydrogen) atoms. The van der Waals surface area contributed by atoms with Crippen LogP contribution in [0.15, 0.2) is 16.7 Å². The van der Waals surface area contributed by atoms with Gasteiger partial charge in [0.2, 0.25) is 0 Å². The van der Waals surface area contributed by atoms with E-state index < -0.39 is 0 Å². The van der Waals surface area contributed by atoms with Gasteiger partial charge in [-0.05, 0) is 6.92 Å². The highest BCUT2D eigenvalue weighted by Crippen LogP contribution is 2.14. The maximum absolute atomic E-state index is 5.48. The summed E-state index contributed by atoms with van der Waals surface area (Å²) in [4.78, 5) is 0. The molecule has 1 rings (SSSR count). The summed E-state index contributed by atoms with van der Waals surface area (Å²) in [6.45, 7) is 1.85. The molecule has 0 saturated heterocycles. The minimum absolute atomic E-state index is 0.0673. The molecule has 0 bridgehead atoms. The Morgan fingerprint density at radius 2 is 2.33 bits per heavy atom. The van der Waals surface area contributed by atoms with Gasteiger partial charge in [-0.25, -0.2) is 0 Å². The van der Waals surface area contributed by atoms with Crippen molar-refractivity contribution in [3.8, 4) is 0 Å². The first-order valence-corrected chi connectivity index (χ1v) is 2.79. The molecule has 0 aliphatic carbocycles. The summed E-state index contributed by atoms with van der Waals surface area (Å²) in [6.07, 6.45) is 1.48. The van der Waals surface area contributed by atoms with Gasteiger partial charge in [-0.2, -0.15) is 0 Å². The zero-order valence-electron chi connectivity index (χ0n) is 5.29. The largest absolute Gasteiger partial charge is 0.465 e. The Balaban J connectivity index is 2.85. The Kier molecular flexibility index (Phi) is 1.44. The molecule has 3 heteroatoms. The van der Waals surface area contributed by atoms with Gasteiger partial charge >= 0.3 is 0 Å². The predicted octanol–water partition coefficient (Wildman–Crippen LogP) is 0.882. The zero-order valence-corrected chi connectivity index (χ0v) is 5.29. The third-order valence-electron chi connectivity index (χ3n) is 1.09. The van der Waals surface area contributed by atoms with Gasteiger partial charge in [0.05, 0.1) is 11.7 Å². The maximum Gasteiger partial charge on any atom is 0.122 e. The fourth-order valence-corrected chi connectivity index (χ4v) is 0.607. The van der Waals surface area contributed by atoms with Crippen LogP contribution in [0.5, 0.6) is 0 Å². The monoisotopic (exact) mass is 126 g/mol. The molecule has 0 aliphatic heterocycles. The molecule has 3 nitrogen and oxygen atoms in total. The fourth-order valence-electron chi connectivity index (χ4n) is 0.607. The van der Waals surface area contributed by atoms with E-state index in [-0.39, 0.29) is 6.04 Å². The number of rotatable bonds is 1. The normalized spacial score (nSPS) is 13.6. The number of anilines is 1. The molecule has 0 aromatic carbocycles. The summed E-state index contributed by atoms with van der Waals surface area (Å²) in [6, 6.07) is 1.66. The smallest absolute Gasteiger partial charge is 0.122 e. The highest BCUT2D eigenvalue weighted by atomic mass is 16.3. The van der Waals surface area contributed by atoms with Crippen molar-refractivity contribution in [2.45, 2.75) is 13.0 Å². The van der Waals surface area contributed by atoms with Gasteiger partial charge in [-0.3, -0.25) is 0 Å². The average Bonchev–Trinajstić information content (AvgIpc) is 2.14. The van der Waals surface area contributed by atoms with Gasteiger partial charge in [0.15, 0.2) is 0 Å². The number of nitrogens with two attached hydrogens (primary N) is 2. The second-order valence-corrected chi connectivity index (χ2v) is 2.07. The van der Waals surface area contributed by atoms with Crippen LogP contribution >= 0.6 is 0 Å². The van der Waals surface area contributed by atoms with Gasteiger partial charge in [0, 0.05) is 6.07 Å². The van der Waals surface area contributed by atoms with Crippen LogP contribution in [0.4, 0.5) is 5.69 Å². The molecule has 1 heterocycles. The molecule has 0 spiro atoms. The van der Waals surface area contributed by atoms with E-state index in [1.165, 1.54) is 6.26 Å². The van der Waals surface area contributed by atoms with Crippen molar-refractivity contribution in [3.05, 3.63) is 18.1 Å². The highest BCUT2D eigenvalue weighted by molar-refractivity contribution is 5.35. The summed E-state index contributed by atoms with van der Waals surface area (Å²) < 4.78 is 4.98. The molecule has 50 valence electrons. The van der Waals surface area contributed by atoms with Crippen LogP contribution in [0.25, 0.3) is 0 Å². The van der Waals surface area contributed by atoms with Crippen molar-refractivity contribution in [2.24, 2.45) is 5.73 Å². The lowest BCUT2D eigenvalue weighted by molar-refractivity contribution is 0.480. The molecule has 1 aromatic rings. The lowest BCUT2D eigenvalue weighted by Crippen LogP contribution is -2.02. The van der Waals surface area contributed by atoms with Crippen molar-refractivity contribution in [1.29, 1.82) is 0 Å². The molecule has 0 fully saturated rings. The van der Waals surface area contributed by atoms with Crippen LogP contribution in [0.2, 0.25) is 0 Å². The highest BCUT2D eigenvalue weighted by Gasteiger charge is 2.02. The lowest BCUT2D eigenvalue weighted by Gasteiger charge is -1.95. The molecular weight excluding hydrogens is 116 g/mol. The minimum atomic E-state index is -0.0673. The standard InChI is InChI=1S/C6H10N2O/c1-4(7)6-2-5(8)3-9-6/h2-4H,7-8H2,1H3/t4-/m0/s1. The molecule has 0 radical (unpaired) electrons. The number of hydrogen-bond acceptors (Lipinski definition) is 3. The van der Waals surface area contributed by atoms with Crippen LogP contribution in [0.3, 0.4) is 0 Å².